The number of carboxylic acids is 1. The van der Waals surface area contributed by atoms with Gasteiger partial charge in [-0.15, -0.1) is 0 Å². The highest BCUT2D eigenvalue weighted by molar-refractivity contribution is 5.85. The zero-order valence-electron chi connectivity index (χ0n) is 14.6. The molecule has 0 bridgehead atoms. The molecule has 7 nitrogen and oxygen atoms in total. The van der Waals surface area contributed by atoms with Crippen molar-refractivity contribution in [3.8, 4) is 17.0 Å². The largest absolute Gasteiger partial charge is 0.497 e. The van der Waals surface area contributed by atoms with E-state index in [2.05, 4.69) is 15.3 Å². The molecule has 0 fully saturated rings. The number of carboxylic acid groups (broad SMARTS) is 1. The Hall–Kier alpha value is -3.87. The van der Waals surface area contributed by atoms with Crippen molar-refractivity contribution in [3.63, 3.8) is 0 Å². The predicted octanol–water partition coefficient (Wildman–Crippen LogP) is 3.58. The van der Waals surface area contributed by atoms with Gasteiger partial charge < -0.3 is 20.9 Å². The van der Waals surface area contributed by atoms with Crippen LogP contribution in [-0.4, -0.2) is 28.2 Å². The minimum absolute atomic E-state index is 0.275. The Bertz CT molecular complexity index is 985. The maximum Gasteiger partial charge on any atom is 0.328 e. The highest BCUT2D eigenvalue weighted by atomic mass is 16.5. The van der Waals surface area contributed by atoms with E-state index in [9.17, 15) is 4.79 Å². The molecule has 0 aliphatic carbocycles. The van der Waals surface area contributed by atoms with Crippen LogP contribution in [0, 0.1) is 0 Å². The van der Waals surface area contributed by atoms with Crippen molar-refractivity contribution in [2.75, 3.05) is 18.2 Å². The van der Waals surface area contributed by atoms with Crippen LogP contribution in [0.2, 0.25) is 0 Å². The summed E-state index contributed by atoms with van der Waals surface area (Å²) in [6.07, 6.45) is 4.19. The first-order valence-corrected chi connectivity index (χ1v) is 8.10. The summed E-state index contributed by atoms with van der Waals surface area (Å²) >= 11 is 0. The number of rotatable bonds is 6. The zero-order valence-corrected chi connectivity index (χ0v) is 14.6. The molecule has 0 radical (unpaired) electrons. The predicted molar refractivity (Wildman–Crippen MR) is 105 cm³/mol. The van der Waals surface area contributed by atoms with Gasteiger partial charge in [0.05, 0.1) is 19.0 Å². The number of nitrogen functional groups attached to an aromatic ring is 1. The lowest BCUT2D eigenvalue weighted by Gasteiger charge is -2.10. The normalized spacial score (nSPS) is 10.7. The number of anilines is 3. The van der Waals surface area contributed by atoms with Crippen LogP contribution in [0.5, 0.6) is 5.75 Å². The molecule has 2 aromatic carbocycles. The Morgan fingerprint density at radius 2 is 2.00 bits per heavy atom. The second-order valence-electron chi connectivity index (χ2n) is 5.64. The maximum atomic E-state index is 10.7. The maximum absolute atomic E-state index is 10.7. The Labute approximate surface area is 156 Å². The third-order valence-corrected chi connectivity index (χ3v) is 3.75. The number of nitrogens with two attached hydrogens (primary N) is 1. The monoisotopic (exact) mass is 362 g/mol. The smallest absolute Gasteiger partial charge is 0.328 e. The van der Waals surface area contributed by atoms with Crippen molar-refractivity contribution >= 4 is 29.4 Å². The lowest BCUT2D eigenvalue weighted by molar-refractivity contribution is -0.131. The number of hydrogen-bond donors (Lipinski definition) is 3. The van der Waals surface area contributed by atoms with Crippen LogP contribution in [-0.2, 0) is 4.79 Å². The molecule has 4 N–H and O–H groups in total. The molecule has 1 heterocycles. The van der Waals surface area contributed by atoms with E-state index in [0.717, 1.165) is 28.6 Å². The van der Waals surface area contributed by atoms with Crippen molar-refractivity contribution in [2.45, 2.75) is 0 Å². The quantitative estimate of drug-likeness (QED) is 0.575. The summed E-state index contributed by atoms with van der Waals surface area (Å²) < 4.78 is 5.14. The zero-order chi connectivity index (χ0) is 19.2. The summed E-state index contributed by atoms with van der Waals surface area (Å²) in [7, 11) is 1.61. The van der Waals surface area contributed by atoms with E-state index in [1.54, 1.807) is 13.3 Å². The summed E-state index contributed by atoms with van der Waals surface area (Å²) in [5.74, 6) is 0.457. The molecule has 0 aliphatic heterocycles. The standard InChI is InChI=1S/C20H18N4O3/c1-27-16-8-6-15(7-9-16)23-20-19(21)22-12-17(24-20)14-4-2-3-13(11-14)5-10-18(25)26/h2-12H,1H3,(H2,21,22)(H,23,24)(H,25,26)/b10-5+. The van der Waals surface area contributed by atoms with Gasteiger partial charge in [-0.25, -0.2) is 14.8 Å². The van der Waals surface area contributed by atoms with Crippen molar-refractivity contribution < 1.29 is 14.6 Å². The molecular formula is C20H18N4O3. The minimum atomic E-state index is -1.00. The number of carbonyl (C=O) groups is 1. The fourth-order valence-corrected chi connectivity index (χ4v) is 2.41. The summed E-state index contributed by atoms with van der Waals surface area (Å²) in [4.78, 5) is 19.4. The Kier molecular flexibility index (Phi) is 5.32. The number of aromatic nitrogens is 2. The lowest BCUT2D eigenvalue weighted by Crippen LogP contribution is -2.02. The van der Waals surface area contributed by atoms with Crippen LogP contribution in [0.1, 0.15) is 5.56 Å². The molecule has 0 saturated carbocycles. The Balaban J connectivity index is 1.88. The van der Waals surface area contributed by atoms with Gasteiger partial charge in [0.15, 0.2) is 11.6 Å². The molecule has 3 aromatic rings. The van der Waals surface area contributed by atoms with Gasteiger partial charge >= 0.3 is 5.97 Å². The van der Waals surface area contributed by atoms with Gasteiger partial charge in [0.25, 0.3) is 0 Å². The van der Waals surface area contributed by atoms with Gasteiger partial charge in [0.2, 0.25) is 0 Å². The van der Waals surface area contributed by atoms with Gasteiger partial charge in [-0.2, -0.15) is 0 Å². The molecule has 0 unspecified atom stereocenters. The molecule has 7 heteroatoms. The van der Waals surface area contributed by atoms with E-state index in [1.165, 1.54) is 6.08 Å². The van der Waals surface area contributed by atoms with Gasteiger partial charge in [-0.1, -0.05) is 18.2 Å². The fourth-order valence-electron chi connectivity index (χ4n) is 2.41. The van der Waals surface area contributed by atoms with E-state index in [1.807, 2.05) is 48.5 Å². The third kappa shape index (κ3) is 4.60. The average molecular weight is 362 g/mol. The van der Waals surface area contributed by atoms with Gasteiger partial charge in [0, 0.05) is 17.3 Å². The molecule has 136 valence electrons. The van der Waals surface area contributed by atoms with Crippen LogP contribution in [0.3, 0.4) is 0 Å². The molecule has 0 amide bonds. The summed E-state index contributed by atoms with van der Waals surface area (Å²) in [5, 5.41) is 11.9. The van der Waals surface area contributed by atoms with E-state index < -0.39 is 5.97 Å². The topological polar surface area (TPSA) is 110 Å². The van der Waals surface area contributed by atoms with Crippen molar-refractivity contribution in [1.29, 1.82) is 0 Å². The first kappa shape index (κ1) is 17.9. The average Bonchev–Trinajstić information content (AvgIpc) is 2.69. The highest BCUT2D eigenvalue weighted by Gasteiger charge is 2.08. The molecule has 27 heavy (non-hydrogen) atoms. The highest BCUT2D eigenvalue weighted by Crippen LogP contribution is 2.25. The van der Waals surface area contributed by atoms with E-state index >= 15 is 0 Å². The summed E-state index contributed by atoms with van der Waals surface area (Å²) in [5.41, 5.74) is 8.91. The lowest BCUT2D eigenvalue weighted by atomic mass is 10.1. The summed E-state index contributed by atoms with van der Waals surface area (Å²) in [6, 6.07) is 14.7. The fraction of sp³-hybridized carbons (Fsp3) is 0.0500. The minimum Gasteiger partial charge on any atom is -0.497 e. The number of nitrogens with one attached hydrogen (secondary N) is 1. The number of ether oxygens (including phenoxy) is 1. The Morgan fingerprint density at radius 3 is 2.70 bits per heavy atom. The van der Waals surface area contributed by atoms with Crippen molar-refractivity contribution in [1.82, 2.24) is 9.97 Å². The molecule has 1 aromatic heterocycles. The van der Waals surface area contributed by atoms with Crippen LogP contribution >= 0.6 is 0 Å². The van der Waals surface area contributed by atoms with Crippen LogP contribution in [0.15, 0.2) is 60.8 Å². The van der Waals surface area contributed by atoms with Crippen molar-refractivity contribution in [3.05, 3.63) is 66.4 Å². The second kappa shape index (κ2) is 8.01. The van der Waals surface area contributed by atoms with Crippen LogP contribution in [0.4, 0.5) is 17.3 Å². The second-order valence-corrected chi connectivity index (χ2v) is 5.64. The first-order chi connectivity index (χ1) is 13.0. The van der Waals surface area contributed by atoms with Gasteiger partial charge in [0.1, 0.15) is 5.75 Å². The number of aliphatic carboxylic acids is 1. The molecule has 0 spiro atoms. The van der Waals surface area contributed by atoms with Gasteiger partial charge in [-0.3, -0.25) is 0 Å². The molecular weight excluding hydrogens is 344 g/mol. The first-order valence-electron chi connectivity index (χ1n) is 8.10. The van der Waals surface area contributed by atoms with E-state index in [-0.39, 0.29) is 5.82 Å². The van der Waals surface area contributed by atoms with Crippen LogP contribution in [0.25, 0.3) is 17.3 Å². The summed E-state index contributed by atoms with van der Waals surface area (Å²) in [6.45, 7) is 0. The molecule has 0 aliphatic rings. The van der Waals surface area contributed by atoms with E-state index in [0.29, 0.717) is 11.5 Å². The number of methoxy groups -OCH3 is 1. The van der Waals surface area contributed by atoms with Gasteiger partial charge in [-0.05, 0) is 42.0 Å². The molecule has 3 rings (SSSR count). The third-order valence-electron chi connectivity index (χ3n) is 3.75. The van der Waals surface area contributed by atoms with Crippen molar-refractivity contribution in [2.24, 2.45) is 0 Å². The van der Waals surface area contributed by atoms with Crippen LogP contribution < -0.4 is 15.8 Å². The molecule has 0 saturated heterocycles. The molecule has 0 atom stereocenters. The van der Waals surface area contributed by atoms with E-state index in [4.69, 9.17) is 15.6 Å². The number of benzene rings is 2. The number of hydrogen-bond acceptors (Lipinski definition) is 6. The number of nitrogens with zero attached hydrogens (tertiary/aromatic N) is 2. The SMILES string of the molecule is COc1ccc(Nc2nc(-c3cccc(/C=C/C(=O)O)c3)cnc2N)cc1. The Morgan fingerprint density at radius 1 is 1.22 bits per heavy atom.